The molecule has 0 amide bonds. The largest absolute Gasteiger partial charge is 0.313 e. The zero-order chi connectivity index (χ0) is 9.10. The first-order valence-corrected chi connectivity index (χ1v) is 6.57. The molecule has 1 saturated heterocycles. The van der Waals surface area contributed by atoms with Crippen molar-refractivity contribution in [2.45, 2.75) is 31.8 Å². The predicted molar refractivity (Wildman–Crippen MR) is 59.4 cm³/mol. The van der Waals surface area contributed by atoms with E-state index in [1.807, 2.05) is 0 Å². The van der Waals surface area contributed by atoms with Gasteiger partial charge in [-0.25, -0.2) is 0 Å². The Labute approximate surface area is 85.4 Å². The molecule has 0 spiro atoms. The highest BCUT2D eigenvalue weighted by Gasteiger charge is 2.22. The fourth-order valence-corrected chi connectivity index (χ4v) is 2.88. The third-order valence-corrected chi connectivity index (χ3v) is 4.10. The third kappa shape index (κ3) is 3.15. The van der Waals surface area contributed by atoms with Gasteiger partial charge < -0.3 is 5.32 Å². The van der Waals surface area contributed by atoms with Gasteiger partial charge in [0.1, 0.15) is 0 Å². The topological polar surface area (TPSA) is 15.3 Å². The first kappa shape index (κ1) is 9.81. The van der Waals surface area contributed by atoms with Crippen molar-refractivity contribution in [1.29, 1.82) is 0 Å². The smallest absolute Gasteiger partial charge is 0.0158 e. The van der Waals surface area contributed by atoms with Crippen molar-refractivity contribution in [1.82, 2.24) is 10.2 Å². The van der Waals surface area contributed by atoms with E-state index in [4.69, 9.17) is 0 Å². The van der Waals surface area contributed by atoms with Crippen molar-refractivity contribution in [2.75, 3.05) is 31.1 Å². The Morgan fingerprint density at radius 2 is 2.31 bits per heavy atom. The second-order valence-corrected chi connectivity index (χ2v) is 5.34. The second kappa shape index (κ2) is 4.67. The molecule has 0 aromatic carbocycles. The van der Waals surface area contributed by atoms with E-state index in [1.165, 1.54) is 44.0 Å². The van der Waals surface area contributed by atoms with Crippen LogP contribution < -0.4 is 5.32 Å². The summed E-state index contributed by atoms with van der Waals surface area (Å²) in [6.45, 7) is 6.08. The normalized spacial score (nSPS) is 30.7. The fraction of sp³-hybridized carbons (Fsp3) is 1.00. The molecule has 0 bridgehead atoms. The van der Waals surface area contributed by atoms with E-state index in [-0.39, 0.29) is 0 Å². The first-order valence-electron chi connectivity index (χ1n) is 5.41. The van der Waals surface area contributed by atoms with Crippen LogP contribution >= 0.6 is 11.8 Å². The van der Waals surface area contributed by atoms with Gasteiger partial charge in [0.2, 0.25) is 0 Å². The number of thioether (sulfide) groups is 1. The van der Waals surface area contributed by atoms with Gasteiger partial charge in [0, 0.05) is 43.2 Å². The molecule has 0 aromatic rings. The highest BCUT2D eigenvalue weighted by atomic mass is 32.2. The molecule has 1 heterocycles. The molecule has 2 fully saturated rings. The van der Waals surface area contributed by atoms with E-state index in [0.717, 1.165) is 12.1 Å². The van der Waals surface area contributed by atoms with Crippen LogP contribution in [0.5, 0.6) is 0 Å². The van der Waals surface area contributed by atoms with Crippen LogP contribution in [0.15, 0.2) is 0 Å². The molecule has 0 aromatic heterocycles. The minimum atomic E-state index is 0.791. The van der Waals surface area contributed by atoms with Gasteiger partial charge in [0.25, 0.3) is 0 Å². The molecule has 1 aliphatic heterocycles. The van der Waals surface area contributed by atoms with Gasteiger partial charge in [-0.05, 0) is 19.8 Å². The molecule has 1 aliphatic carbocycles. The molecule has 2 aliphatic rings. The molecule has 1 unspecified atom stereocenters. The van der Waals surface area contributed by atoms with Crippen molar-refractivity contribution >= 4 is 11.8 Å². The maximum atomic E-state index is 3.58. The second-order valence-electron chi connectivity index (χ2n) is 4.19. The van der Waals surface area contributed by atoms with Gasteiger partial charge in [-0.15, -0.1) is 0 Å². The van der Waals surface area contributed by atoms with E-state index < -0.39 is 0 Å². The number of rotatable bonds is 4. The summed E-state index contributed by atoms with van der Waals surface area (Å²) in [4.78, 5) is 2.62. The summed E-state index contributed by atoms with van der Waals surface area (Å²) < 4.78 is 0. The number of hydrogen-bond acceptors (Lipinski definition) is 3. The maximum absolute atomic E-state index is 3.58. The van der Waals surface area contributed by atoms with Gasteiger partial charge >= 0.3 is 0 Å². The minimum absolute atomic E-state index is 0.791. The molecule has 0 radical (unpaired) electrons. The van der Waals surface area contributed by atoms with Gasteiger partial charge in [-0.3, -0.25) is 4.90 Å². The van der Waals surface area contributed by atoms with Crippen molar-refractivity contribution in [2.24, 2.45) is 0 Å². The van der Waals surface area contributed by atoms with E-state index in [0.29, 0.717) is 0 Å². The van der Waals surface area contributed by atoms with E-state index in [9.17, 15) is 0 Å². The van der Waals surface area contributed by atoms with Crippen LogP contribution in [0, 0.1) is 0 Å². The van der Waals surface area contributed by atoms with Crippen LogP contribution in [0.25, 0.3) is 0 Å². The summed E-state index contributed by atoms with van der Waals surface area (Å²) >= 11 is 2.10. The van der Waals surface area contributed by atoms with Crippen LogP contribution in [0.3, 0.4) is 0 Å². The number of nitrogens with one attached hydrogen (secondary N) is 1. The van der Waals surface area contributed by atoms with Crippen LogP contribution in [0.4, 0.5) is 0 Å². The van der Waals surface area contributed by atoms with Crippen LogP contribution in [-0.4, -0.2) is 48.1 Å². The summed E-state index contributed by atoms with van der Waals surface area (Å²) in [7, 11) is 0. The minimum Gasteiger partial charge on any atom is -0.313 e. The molecule has 1 N–H and O–H groups in total. The first-order chi connectivity index (χ1) is 6.36. The van der Waals surface area contributed by atoms with Gasteiger partial charge in [0.05, 0.1) is 0 Å². The molecular weight excluding hydrogens is 180 g/mol. The Bertz CT molecular complexity index is 159. The molecule has 1 atom stereocenters. The lowest BCUT2D eigenvalue weighted by molar-refractivity contribution is 0.232. The zero-order valence-electron chi connectivity index (χ0n) is 8.46. The summed E-state index contributed by atoms with van der Waals surface area (Å²) in [5, 5.41) is 3.58. The summed E-state index contributed by atoms with van der Waals surface area (Å²) in [5.74, 6) is 2.65. The highest BCUT2D eigenvalue weighted by molar-refractivity contribution is 7.99. The Kier molecular flexibility index (Phi) is 3.52. The van der Waals surface area contributed by atoms with Crippen molar-refractivity contribution in [3.05, 3.63) is 0 Å². The summed E-state index contributed by atoms with van der Waals surface area (Å²) in [5.41, 5.74) is 0. The summed E-state index contributed by atoms with van der Waals surface area (Å²) in [6.07, 6.45) is 2.82. The quantitative estimate of drug-likeness (QED) is 0.733. The Morgan fingerprint density at radius 3 is 3.00 bits per heavy atom. The Balaban J connectivity index is 1.60. The summed E-state index contributed by atoms with van der Waals surface area (Å²) in [6, 6.07) is 1.66. The monoisotopic (exact) mass is 200 g/mol. The lowest BCUT2D eigenvalue weighted by atomic mass is 10.3. The van der Waals surface area contributed by atoms with Crippen LogP contribution in [0.2, 0.25) is 0 Å². The molecule has 2 rings (SSSR count). The average molecular weight is 200 g/mol. The lowest BCUT2D eigenvalue weighted by Gasteiger charge is -2.32. The highest BCUT2D eigenvalue weighted by Crippen LogP contribution is 2.19. The molecule has 3 heteroatoms. The van der Waals surface area contributed by atoms with Gasteiger partial charge in [0.15, 0.2) is 0 Å². The van der Waals surface area contributed by atoms with Crippen LogP contribution in [-0.2, 0) is 0 Å². The van der Waals surface area contributed by atoms with Gasteiger partial charge in [-0.1, -0.05) is 0 Å². The standard InChI is InChI=1S/C10H20N2S/c1-9-8-13-7-6-12(9)5-4-11-10-2-3-10/h9-11H,2-8H2,1H3. The average Bonchev–Trinajstić information content (AvgIpc) is 2.92. The molecular formula is C10H20N2S. The molecule has 2 nitrogen and oxygen atoms in total. The SMILES string of the molecule is CC1CSCCN1CCNC1CC1. The maximum Gasteiger partial charge on any atom is 0.0158 e. The molecule has 1 saturated carbocycles. The van der Waals surface area contributed by atoms with Crippen molar-refractivity contribution < 1.29 is 0 Å². The zero-order valence-corrected chi connectivity index (χ0v) is 9.28. The van der Waals surface area contributed by atoms with Gasteiger partial charge in [-0.2, -0.15) is 11.8 Å². The fourth-order valence-electron chi connectivity index (χ4n) is 1.79. The molecule has 76 valence electrons. The van der Waals surface area contributed by atoms with E-state index >= 15 is 0 Å². The predicted octanol–water partition coefficient (Wildman–Crippen LogP) is 1.18. The number of hydrogen-bond donors (Lipinski definition) is 1. The van der Waals surface area contributed by atoms with Crippen LogP contribution in [0.1, 0.15) is 19.8 Å². The Hall–Kier alpha value is 0.270. The van der Waals surface area contributed by atoms with Crippen molar-refractivity contribution in [3.8, 4) is 0 Å². The van der Waals surface area contributed by atoms with Crippen molar-refractivity contribution in [3.63, 3.8) is 0 Å². The number of nitrogens with zero attached hydrogens (tertiary/aromatic N) is 1. The lowest BCUT2D eigenvalue weighted by Crippen LogP contribution is -2.43. The Morgan fingerprint density at radius 1 is 1.46 bits per heavy atom. The van der Waals surface area contributed by atoms with E-state index in [1.54, 1.807) is 0 Å². The van der Waals surface area contributed by atoms with E-state index in [2.05, 4.69) is 28.9 Å². The molecule has 13 heavy (non-hydrogen) atoms. The third-order valence-electron chi connectivity index (χ3n) is 2.91.